The first kappa shape index (κ1) is 13.4. The first-order chi connectivity index (χ1) is 9.29. The van der Waals surface area contributed by atoms with Crippen molar-refractivity contribution >= 4 is 5.91 Å². The molecule has 0 unspecified atom stereocenters. The lowest BCUT2D eigenvalue weighted by molar-refractivity contribution is 0.0948. The number of H-pyrrole nitrogens is 1. The molecule has 2 rings (SSSR count). The number of hydrogen-bond acceptors (Lipinski definition) is 3. The molecule has 102 valence electrons. The summed E-state index contributed by atoms with van der Waals surface area (Å²) in [4.78, 5) is 11.8. The molecular weight excluding hydrogens is 242 g/mol. The molecule has 2 aromatic heterocycles. The lowest BCUT2D eigenvalue weighted by Gasteiger charge is -2.01. The van der Waals surface area contributed by atoms with Gasteiger partial charge in [-0.05, 0) is 31.0 Å². The van der Waals surface area contributed by atoms with Gasteiger partial charge >= 0.3 is 0 Å². The van der Waals surface area contributed by atoms with Crippen LogP contribution in [0.5, 0.6) is 0 Å². The van der Waals surface area contributed by atoms with Crippen molar-refractivity contribution in [1.82, 2.24) is 15.5 Å². The predicted octanol–water partition coefficient (Wildman–Crippen LogP) is 2.32. The second-order valence-electron chi connectivity index (χ2n) is 4.47. The summed E-state index contributed by atoms with van der Waals surface area (Å²) in [6, 6.07) is 5.62. The third-order valence-electron chi connectivity index (χ3n) is 2.85. The van der Waals surface area contributed by atoms with Crippen LogP contribution in [0, 0.1) is 0 Å². The number of nitrogens with one attached hydrogen (secondary N) is 2. The molecule has 0 radical (unpaired) electrons. The summed E-state index contributed by atoms with van der Waals surface area (Å²) in [5, 5.41) is 9.74. The molecular formula is C14H19N3O2. The van der Waals surface area contributed by atoms with E-state index in [1.807, 2.05) is 18.2 Å². The van der Waals surface area contributed by atoms with Crippen molar-refractivity contribution in [2.24, 2.45) is 0 Å². The highest BCUT2D eigenvalue weighted by molar-refractivity contribution is 5.92. The van der Waals surface area contributed by atoms with Gasteiger partial charge in [0.25, 0.3) is 5.91 Å². The molecule has 5 heteroatoms. The van der Waals surface area contributed by atoms with Gasteiger partial charge in [0.1, 0.15) is 11.5 Å². The average molecular weight is 261 g/mol. The molecule has 19 heavy (non-hydrogen) atoms. The highest BCUT2D eigenvalue weighted by atomic mass is 16.3. The Morgan fingerprint density at radius 2 is 2.37 bits per heavy atom. The lowest BCUT2D eigenvalue weighted by atomic mass is 10.2. The molecule has 2 N–H and O–H groups in total. The van der Waals surface area contributed by atoms with E-state index >= 15 is 0 Å². The zero-order chi connectivity index (χ0) is 13.5. The predicted molar refractivity (Wildman–Crippen MR) is 71.9 cm³/mol. The highest BCUT2D eigenvalue weighted by Crippen LogP contribution is 2.04. The van der Waals surface area contributed by atoms with Crippen molar-refractivity contribution in [3.63, 3.8) is 0 Å². The maximum Gasteiger partial charge on any atom is 0.271 e. The Hall–Kier alpha value is -2.04. The number of rotatable bonds is 7. The van der Waals surface area contributed by atoms with Gasteiger partial charge in [0, 0.05) is 18.7 Å². The fourth-order valence-electron chi connectivity index (χ4n) is 1.89. The molecule has 0 saturated heterocycles. The van der Waals surface area contributed by atoms with E-state index in [1.165, 1.54) is 0 Å². The van der Waals surface area contributed by atoms with E-state index in [0.717, 1.165) is 37.1 Å². The second-order valence-corrected chi connectivity index (χ2v) is 4.47. The second kappa shape index (κ2) is 6.78. The fourth-order valence-corrected chi connectivity index (χ4v) is 1.89. The average Bonchev–Trinajstić information content (AvgIpc) is 3.06. The zero-order valence-electron chi connectivity index (χ0n) is 11.1. The highest BCUT2D eigenvalue weighted by Gasteiger charge is 2.09. The number of furan rings is 1. The molecule has 2 heterocycles. The van der Waals surface area contributed by atoms with Crippen LogP contribution in [0.25, 0.3) is 0 Å². The van der Waals surface area contributed by atoms with Crippen molar-refractivity contribution in [1.29, 1.82) is 0 Å². The van der Waals surface area contributed by atoms with Crippen LogP contribution in [-0.2, 0) is 12.8 Å². The molecule has 0 saturated carbocycles. The summed E-state index contributed by atoms with van der Waals surface area (Å²) in [6.07, 6.45) is 5.29. The number of amides is 1. The molecule has 0 aromatic carbocycles. The first-order valence-electron chi connectivity index (χ1n) is 6.64. The van der Waals surface area contributed by atoms with Crippen LogP contribution in [0.15, 0.2) is 28.9 Å². The maximum absolute atomic E-state index is 11.8. The Kier molecular flexibility index (Phi) is 4.78. The smallest absolute Gasteiger partial charge is 0.271 e. The van der Waals surface area contributed by atoms with E-state index in [9.17, 15) is 4.79 Å². The molecule has 0 aliphatic heterocycles. The van der Waals surface area contributed by atoms with Crippen LogP contribution in [0.3, 0.4) is 0 Å². The van der Waals surface area contributed by atoms with Gasteiger partial charge in [-0.25, -0.2) is 0 Å². The van der Waals surface area contributed by atoms with Gasteiger partial charge in [-0.3, -0.25) is 9.89 Å². The Balaban J connectivity index is 1.71. The Labute approximate surface area is 112 Å². The summed E-state index contributed by atoms with van der Waals surface area (Å²) in [5.74, 6) is 0.817. The van der Waals surface area contributed by atoms with E-state index in [4.69, 9.17) is 4.42 Å². The Bertz CT molecular complexity index is 503. The van der Waals surface area contributed by atoms with Crippen molar-refractivity contribution in [2.45, 2.75) is 32.6 Å². The Morgan fingerprint density at radius 3 is 3.11 bits per heavy atom. The van der Waals surface area contributed by atoms with Gasteiger partial charge in [0.2, 0.25) is 0 Å². The number of aryl methyl sites for hydroxylation is 2. The molecule has 2 aromatic rings. The van der Waals surface area contributed by atoms with Gasteiger partial charge in [-0.1, -0.05) is 13.3 Å². The minimum atomic E-state index is -0.127. The topological polar surface area (TPSA) is 70.9 Å². The standard InChI is InChI=1S/C14H19N3O2/c1-2-5-11-10-13(17-16-11)14(18)15-8-3-6-12-7-4-9-19-12/h4,7,9-10H,2-3,5-6,8H2,1H3,(H,15,18)(H,16,17). The minimum absolute atomic E-state index is 0.127. The zero-order valence-corrected chi connectivity index (χ0v) is 11.1. The van der Waals surface area contributed by atoms with E-state index < -0.39 is 0 Å². The van der Waals surface area contributed by atoms with Gasteiger partial charge < -0.3 is 9.73 Å². The van der Waals surface area contributed by atoms with Gasteiger partial charge in [-0.2, -0.15) is 5.10 Å². The van der Waals surface area contributed by atoms with Crippen LogP contribution in [0.1, 0.15) is 41.7 Å². The lowest BCUT2D eigenvalue weighted by Crippen LogP contribution is -2.25. The number of hydrogen-bond donors (Lipinski definition) is 2. The molecule has 0 spiro atoms. The fraction of sp³-hybridized carbons (Fsp3) is 0.429. The number of aromatic amines is 1. The third kappa shape index (κ3) is 3.98. The van der Waals surface area contributed by atoms with Crippen molar-refractivity contribution < 1.29 is 9.21 Å². The monoisotopic (exact) mass is 261 g/mol. The summed E-state index contributed by atoms with van der Waals surface area (Å²) in [5.41, 5.74) is 1.46. The molecule has 0 bridgehead atoms. The van der Waals surface area contributed by atoms with Gasteiger partial charge in [-0.15, -0.1) is 0 Å². The molecule has 0 aliphatic rings. The van der Waals surface area contributed by atoms with E-state index in [2.05, 4.69) is 22.4 Å². The van der Waals surface area contributed by atoms with E-state index in [1.54, 1.807) is 6.26 Å². The van der Waals surface area contributed by atoms with Crippen molar-refractivity contribution in [3.8, 4) is 0 Å². The van der Waals surface area contributed by atoms with Crippen LogP contribution in [0.2, 0.25) is 0 Å². The van der Waals surface area contributed by atoms with Crippen LogP contribution in [-0.4, -0.2) is 22.6 Å². The molecule has 5 nitrogen and oxygen atoms in total. The minimum Gasteiger partial charge on any atom is -0.469 e. The Morgan fingerprint density at radius 1 is 1.47 bits per heavy atom. The molecule has 1 amide bonds. The summed E-state index contributed by atoms with van der Waals surface area (Å²) in [7, 11) is 0. The largest absolute Gasteiger partial charge is 0.469 e. The van der Waals surface area contributed by atoms with Crippen LogP contribution >= 0.6 is 0 Å². The summed E-state index contributed by atoms with van der Waals surface area (Å²) in [6.45, 7) is 2.71. The van der Waals surface area contributed by atoms with Crippen molar-refractivity contribution in [2.75, 3.05) is 6.54 Å². The van der Waals surface area contributed by atoms with Crippen molar-refractivity contribution in [3.05, 3.63) is 41.6 Å². The normalized spacial score (nSPS) is 10.6. The first-order valence-corrected chi connectivity index (χ1v) is 6.64. The number of carbonyl (C=O) groups excluding carboxylic acids is 1. The molecule has 0 atom stereocenters. The summed E-state index contributed by atoms with van der Waals surface area (Å²) >= 11 is 0. The van der Waals surface area contributed by atoms with E-state index in [0.29, 0.717) is 12.2 Å². The van der Waals surface area contributed by atoms with Gasteiger partial charge in [0.05, 0.1) is 6.26 Å². The number of nitrogens with zero attached hydrogens (tertiary/aromatic N) is 1. The third-order valence-corrected chi connectivity index (χ3v) is 2.85. The molecule has 0 aliphatic carbocycles. The quantitative estimate of drug-likeness (QED) is 0.751. The van der Waals surface area contributed by atoms with Crippen LogP contribution in [0.4, 0.5) is 0 Å². The maximum atomic E-state index is 11.8. The SMILES string of the molecule is CCCc1cc(C(=O)NCCCc2ccco2)n[nH]1. The van der Waals surface area contributed by atoms with Gasteiger partial charge in [0.15, 0.2) is 0 Å². The summed E-state index contributed by atoms with van der Waals surface area (Å²) < 4.78 is 5.23. The van der Waals surface area contributed by atoms with E-state index in [-0.39, 0.29) is 5.91 Å². The number of carbonyl (C=O) groups is 1. The number of aromatic nitrogens is 2. The molecule has 0 fully saturated rings. The van der Waals surface area contributed by atoms with Crippen LogP contribution < -0.4 is 5.32 Å².